The van der Waals surface area contributed by atoms with Crippen molar-refractivity contribution in [2.75, 3.05) is 20.6 Å². The molecule has 0 radical (unpaired) electrons. The van der Waals surface area contributed by atoms with Crippen LogP contribution in [0, 0.1) is 5.92 Å². The van der Waals surface area contributed by atoms with Crippen LogP contribution in [0.25, 0.3) is 0 Å². The topological polar surface area (TPSA) is 58.4 Å². The van der Waals surface area contributed by atoms with E-state index in [4.69, 9.17) is 5.73 Å². The Morgan fingerprint density at radius 2 is 1.74 bits per heavy atom. The van der Waals surface area contributed by atoms with Gasteiger partial charge in [-0.1, -0.05) is 44.2 Å². The van der Waals surface area contributed by atoms with Crippen molar-refractivity contribution in [2.45, 2.75) is 38.8 Å². The van der Waals surface area contributed by atoms with E-state index < -0.39 is 5.54 Å². The third-order valence-electron chi connectivity index (χ3n) is 3.82. The van der Waals surface area contributed by atoms with E-state index in [0.717, 1.165) is 12.0 Å². The van der Waals surface area contributed by atoms with E-state index in [1.807, 2.05) is 44.4 Å². The van der Waals surface area contributed by atoms with E-state index in [1.54, 1.807) is 6.92 Å². The van der Waals surface area contributed by atoms with Crippen molar-refractivity contribution in [1.82, 2.24) is 10.2 Å². The monoisotopic (exact) mass is 363 g/mol. The van der Waals surface area contributed by atoms with Gasteiger partial charge in [0, 0.05) is 12.6 Å². The first-order valence-corrected chi connectivity index (χ1v) is 7.54. The molecule has 1 aromatic rings. The maximum absolute atomic E-state index is 12.4. The van der Waals surface area contributed by atoms with Gasteiger partial charge in [-0.3, -0.25) is 4.79 Å². The molecule has 0 aromatic heterocycles. The molecule has 2 unspecified atom stereocenters. The van der Waals surface area contributed by atoms with Crippen molar-refractivity contribution in [3.63, 3.8) is 0 Å². The van der Waals surface area contributed by atoms with Crippen LogP contribution in [0.5, 0.6) is 0 Å². The van der Waals surface area contributed by atoms with Crippen LogP contribution in [0.4, 0.5) is 0 Å². The molecule has 0 aliphatic heterocycles. The molecule has 0 saturated heterocycles. The molecule has 0 spiro atoms. The highest BCUT2D eigenvalue weighted by atomic mass is 35.5. The number of hydrogen-bond donors (Lipinski definition) is 2. The zero-order valence-corrected chi connectivity index (χ0v) is 16.3. The summed E-state index contributed by atoms with van der Waals surface area (Å²) in [5.74, 6) is 0.456. The minimum absolute atomic E-state index is 0. The van der Waals surface area contributed by atoms with Gasteiger partial charge < -0.3 is 16.0 Å². The van der Waals surface area contributed by atoms with E-state index in [2.05, 4.69) is 24.1 Å². The first-order valence-electron chi connectivity index (χ1n) is 7.54. The fourth-order valence-corrected chi connectivity index (χ4v) is 2.33. The summed E-state index contributed by atoms with van der Waals surface area (Å²) in [5.41, 5.74) is 6.04. The molecule has 0 aliphatic rings. The maximum atomic E-state index is 12.4. The predicted octanol–water partition coefficient (Wildman–Crippen LogP) is 2.80. The van der Waals surface area contributed by atoms with Crippen LogP contribution in [0.15, 0.2) is 30.3 Å². The number of nitrogens with one attached hydrogen (secondary N) is 1. The Hall–Kier alpha value is -0.810. The van der Waals surface area contributed by atoms with E-state index in [1.165, 1.54) is 0 Å². The Balaban J connectivity index is 0. The summed E-state index contributed by atoms with van der Waals surface area (Å²) in [6.07, 6.45) is 1.04. The third kappa shape index (κ3) is 7.53. The highest BCUT2D eigenvalue weighted by Crippen LogP contribution is 2.17. The summed E-state index contributed by atoms with van der Waals surface area (Å²) in [7, 11) is 4.08. The summed E-state index contributed by atoms with van der Waals surface area (Å²) in [5, 5.41) is 3.00. The lowest BCUT2D eigenvalue weighted by molar-refractivity contribution is -0.126. The SMILES string of the molecule is CC(C)CC(CNC(=O)C(C)(N)c1ccccc1)N(C)C.Cl.Cl. The number of halogens is 2. The number of carbonyl (C=O) groups is 1. The Kier molecular flexibility index (Phi) is 11.6. The number of nitrogens with zero attached hydrogens (tertiary/aromatic N) is 1. The molecule has 134 valence electrons. The quantitative estimate of drug-likeness (QED) is 0.782. The normalized spacial score (nSPS) is 14.4. The lowest BCUT2D eigenvalue weighted by Gasteiger charge is -2.29. The van der Waals surface area contributed by atoms with Crippen molar-refractivity contribution >= 4 is 30.7 Å². The maximum Gasteiger partial charge on any atom is 0.244 e. The van der Waals surface area contributed by atoms with Gasteiger partial charge in [0.05, 0.1) is 0 Å². The number of nitrogens with two attached hydrogens (primary N) is 1. The van der Waals surface area contributed by atoms with Gasteiger partial charge in [0.2, 0.25) is 5.91 Å². The molecule has 23 heavy (non-hydrogen) atoms. The zero-order valence-electron chi connectivity index (χ0n) is 14.7. The molecule has 6 heteroatoms. The number of amides is 1. The molecule has 0 saturated carbocycles. The number of rotatable bonds is 7. The Morgan fingerprint density at radius 3 is 2.17 bits per heavy atom. The van der Waals surface area contributed by atoms with Gasteiger partial charge in [0.15, 0.2) is 0 Å². The third-order valence-corrected chi connectivity index (χ3v) is 3.82. The van der Waals surface area contributed by atoms with Gasteiger partial charge >= 0.3 is 0 Å². The number of hydrogen-bond acceptors (Lipinski definition) is 3. The molecular formula is C17H31Cl2N3O. The number of likely N-dealkylation sites (N-methyl/N-ethyl adjacent to an activating group) is 1. The van der Waals surface area contributed by atoms with E-state index in [9.17, 15) is 4.79 Å². The second kappa shape index (κ2) is 10.9. The largest absolute Gasteiger partial charge is 0.353 e. The van der Waals surface area contributed by atoms with Crippen LogP contribution < -0.4 is 11.1 Å². The summed E-state index contributed by atoms with van der Waals surface area (Å²) < 4.78 is 0. The highest BCUT2D eigenvalue weighted by molar-refractivity contribution is 5.87. The standard InChI is InChI=1S/C17H29N3O.2ClH/c1-13(2)11-15(20(4)5)12-19-16(21)17(3,18)14-9-7-6-8-10-14;;/h6-10,13,15H,11-12,18H2,1-5H3,(H,19,21);2*1H. The molecule has 0 heterocycles. The molecule has 0 bridgehead atoms. The lowest BCUT2D eigenvalue weighted by Crippen LogP contribution is -2.52. The second-order valence-corrected chi connectivity index (χ2v) is 6.53. The van der Waals surface area contributed by atoms with E-state index >= 15 is 0 Å². The summed E-state index contributed by atoms with van der Waals surface area (Å²) in [4.78, 5) is 14.6. The molecule has 4 nitrogen and oxygen atoms in total. The van der Waals surface area contributed by atoms with Crippen LogP contribution in [0.2, 0.25) is 0 Å². The van der Waals surface area contributed by atoms with Crippen molar-refractivity contribution in [1.29, 1.82) is 0 Å². The Bertz CT molecular complexity index is 450. The van der Waals surface area contributed by atoms with Crippen LogP contribution in [-0.2, 0) is 10.3 Å². The van der Waals surface area contributed by atoms with Crippen molar-refractivity contribution in [3.05, 3.63) is 35.9 Å². The van der Waals surface area contributed by atoms with Gasteiger partial charge in [0.25, 0.3) is 0 Å². The van der Waals surface area contributed by atoms with Gasteiger partial charge in [0.1, 0.15) is 5.54 Å². The van der Waals surface area contributed by atoms with Crippen LogP contribution in [0.1, 0.15) is 32.8 Å². The Morgan fingerprint density at radius 1 is 1.22 bits per heavy atom. The summed E-state index contributed by atoms with van der Waals surface area (Å²) in [6.45, 7) is 6.75. The fourth-order valence-electron chi connectivity index (χ4n) is 2.33. The zero-order chi connectivity index (χ0) is 16.0. The van der Waals surface area contributed by atoms with Gasteiger partial charge in [-0.25, -0.2) is 0 Å². The van der Waals surface area contributed by atoms with Crippen LogP contribution in [-0.4, -0.2) is 37.5 Å². The fraction of sp³-hybridized carbons (Fsp3) is 0.588. The molecular weight excluding hydrogens is 333 g/mol. The molecule has 2 atom stereocenters. The smallest absolute Gasteiger partial charge is 0.244 e. The summed E-state index contributed by atoms with van der Waals surface area (Å²) >= 11 is 0. The van der Waals surface area contributed by atoms with Crippen molar-refractivity contribution in [3.8, 4) is 0 Å². The molecule has 1 aromatic carbocycles. The molecule has 0 aliphatic carbocycles. The number of carbonyl (C=O) groups excluding carboxylic acids is 1. The predicted molar refractivity (Wildman–Crippen MR) is 102 cm³/mol. The van der Waals surface area contributed by atoms with Crippen molar-refractivity contribution < 1.29 is 4.79 Å². The van der Waals surface area contributed by atoms with Crippen LogP contribution in [0.3, 0.4) is 0 Å². The first-order chi connectivity index (χ1) is 9.75. The highest BCUT2D eigenvalue weighted by Gasteiger charge is 2.30. The van der Waals surface area contributed by atoms with Crippen molar-refractivity contribution in [2.24, 2.45) is 11.7 Å². The number of benzene rings is 1. The minimum Gasteiger partial charge on any atom is -0.353 e. The van der Waals surface area contributed by atoms with Gasteiger partial charge in [-0.15, -0.1) is 24.8 Å². The van der Waals surface area contributed by atoms with E-state index in [0.29, 0.717) is 18.5 Å². The average Bonchev–Trinajstić information content (AvgIpc) is 2.43. The molecule has 3 N–H and O–H groups in total. The molecule has 0 fully saturated rings. The lowest BCUT2D eigenvalue weighted by atomic mass is 9.92. The molecule has 1 rings (SSSR count). The van der Waals surface area contributed by atoms with Gasteiger partial charge in [-0.2, -0.15) is 0 Å². The summed E-state index contributed by atoms with van der Waals surface area (Å²) in [6, 6.07) is 9.81. The Labute approximate surface area is 153 Å². The molecule has 1 amide bonds. The van der Waals surface area contributed by atoms with Crippen LogP contribution >= 0.6 is 24.8 Å². The first kappa shape index (κ1) is 24.4. The van der Waals surface area contributed by atoms with E-state index in [-0.39, 0.29) is 30.7 Å². The van der Waals surface area contributed by atoms with Gasteiger partial charge in [-0.05, 0) is 38.9 Å². The minimum atomic E-state index is -1.00. The average molecular weight is 364 g/mol. The second-order valence-electron chi connectivity index (χ2n) is 6.53.